The summed E-state index contributed by atoms with van der Waals surface area (Å²) in [6.45, 7) is 4.05. The van der Waals surface area contributed by atoms with Crippen molar-refractivity contribution in [1.82, 2.24) is 14.7 Å². The zero-order valence-electron chi connectivity index (χ0n) is 15.5. The van der Waals surface area contributed by atoms with E-state index in [1.54, 1.807) is 43.5 Å². The molecule has 0 spiro atoms. The molecule has 0 fully saturated rings. The molecule has 2 aromatic heterocycles. The van der Waals surface area contributed by atoms with E-state index >= 15 is 0 Å². The molecule has 7 heteroatoms. The number of nitrogens with one attached hydrogen (secondary N) is 1. The summed E-state index contributed by atoms with van der Waals surface area (Å²) in [4.78, 5) is 29.5. The second kappa shape index (κ2) is 8.18. The number of carbonyl (C=O) groups is 1. The Morgan fingerprint density at radius 2 is 2.04 bits per heavy atom. The molecule has 0 atom stereocenters. The van der Waals surface area contributed by atoms with Gasteiger partial charge >= 0.3 is 0 Å². The molecule has 1 N–H and O–H groups in total. The van der Waals surface area contributed by atoms with Gasteiger partial charge in [-0.05, 0) is 44.2 Å². The Bertz CT molecular complexity index is 1150. The molecule has 1 aromatic carbocycles. The summed E-state index contributed by atoms with van der Waals surface area (Å²) in [5, 5.41) is 11.9. The molecular formula is C21H18N4O3. The minimum Gasteiger partial charge on any atom is -0.438 e. The average molecular weight is 374 g/mol. The molecule has 140 valence electrons. The van der Waals surface area contributed by atoms with Gasteiger partial charge < -0.3 is 10.1 Å². The fraction of sp³-hybridized carbons (Fsp3) is 0.143. The molecule has 28 heavy (non-hydrogen) atoms. The monoisotopic (exact) mass is 374 g/mol. The van der Waals surface area contributed by atoms with Crippen LogP contribution in [0.25, 0.3) is 11.7 Å². The molecule has 1 amide bonds. The highest BCUT2D eigenvalue weighted by Crippen LogP contribution is 2.24. The van der Waals surface area contributed by atoms with Crippen molar-refractivity contribution in [3.8, 4) is 17.7 Å². The molecule has 3 rings (SSSR count). The summed E-state index contributed by atoms with van der Waals surface area (Å²) in [6.07, 6.45) is 2.78. The van der Waals surface area contributed by atoms with Gasteiger partial charge in [-0.2, -0.15) is 10.2 Å². The van der Waals surface area contributed by atoms with Gasteiger partial charge in [-0.3, -0.25) is 14.0 Å². The summed E-state index contributed by atoms with van der Waals surface area (Å²) in [5.41, 5.74) is 0.826. The lowest BCUT2D eigenvalue weighted by atomic mass is 10.1. The van der Waals surface area contributed by atoms with Crippen molar-refractivity contribution in [2.24, 2.45) is 0 Å². The molecular weight excluding hydrogens is 356 g/mol. The minimum absolute atomic E-state index is 0.0204. The van der Waals surface area contributed by atoms with E-state index in [2.05, 4.69) is 10.3 Å². The number of nitrogens with zero attached hydrogens (tertiary/aromatic N) is 3. The molecule has 0 saturated heterocycles. The van der Waals surface area contributed by atoms with Crippen LogP contribution in [0.15, 0.2) is 59.0 Å². The maximum atomic E-state index is 13.0. The van der Waals surface area contributed by atoms with Crippen molar-refractivity contribution in [2.75, 3.05) is 6.54 Å². The van der Waals surface area contributed by atoms with Crippen LogP contribution in [0.4, 0.5) is 0 Å². The number of nitriles is 1. The van der Waals surface area contributed by atoms with Crippen LogP contribution in [0, 0.1) is 18.3 Å². The van der Waals surface area contributed by atoms with Crippen LogP contribution in [0.1, 0.15) is 18.1 Å². The van der Waals surface area contributed by atoms with E-state index < -0.39 is 11.5 Å². The number of amides is 1. The lowest BCUT2D eigenvalue weighted by Crippen LogP contribution is -2.25. The van der Waals surface area contributed by atoms with Crippen molar-refractivity contribution in [1.29, 1.82) is 5.26 Å². The van der Waals surface area contributed by atoms with Crippen molar-refractivity contribution >= 4 is 17.6 Å². The number of hydrogen-bond acceptors (Lipinski definition) is 5. The lowest BCUT2D eigenvalue weighted by molar-refractivity contribution is -0.116. The second-order valence-corrected chi connectivity index (χ2v) is 6.01. The number of fused-ring (bicyclic) bond motifs is 1. The SMILES string of the molecule is CCNC(=O)/C(C#N)=C/c1c(Oc2ccc(C)cc2)nc2ccccn2c1=O. The Labute approximate surface area is 161 Å². The number of rotatable bonds is 5. The normalized spacial score (nSPS) is 11.1. The molecule has 7 nitrogen and oxygen atoms in total. The first-order valence-corrected chi connectivity index (χ1v) is 8.69. The fourth-order valence-electron chi connectivity index (χ4n) is 2.55. The van der Waals surface area contributed by atoms with Crippen LogP contribution in [-0.2, 0) is 4.79 Å². The number of ether oxygens (including phenoxy) is 1. The number of benzene rings is 1. The number of aryl methyl sites for hydroxylation is 1. The van der Waals surface area contributed by atoms with Crippen LogP contribution < -0.4 is 15.6 Å². The van der Waals surface area contributed by atoms with Crippen LogP contribution in [0.2, 0.25) is 0 Å². The van der Waals surface area contributed by atoms with Crippen molar-refractivity contribution in [3.63, 3.8) is 0 Å². The second-order valence-electron chi connectivity index (χ2n) is 6.01. The highest BCUT2D eigenvalue weighted by molar-refractivity contribution is 6.01. The molecule has 0 bridgehead atoms. The molecule has 0 radical (unpaired) electrons. The molecule has 3 aromatic rings. The molecule has 2 heterocycles. The van der Waals surface area contributed by atoms with Crippen molar-refractivity contribution in [2.45, 2.75) is 13.8 Å². The van der Waals surface area contributed by atoms with Crippen molar-refractivity contribution in [3.05, 3.63) is 75.7 Å². The lowest BCUT2D eigenvalue weighted by Gasteiger charge is -2.10. The van der Waals surface area contributed by atoms with Gasteiger partial charge in [0.25, 0.3) is 11.5 Å². The van der Waals surface area contributed by atoms with E-state index in [0.29, 0.717) is 17.9 Å². The number of likely N-dealkylation sites (N-methyl/N-ethyl adjacent to an activating group) is 1. The van der Waals surface area contributed by atoms with E-state index in [1.807, 2.05) is 25.1 Å². The zero-order valence-corrected chi connectivity index (χ0v) is 15.5. The van der Waals surface area contributed by atoms with Crippen LogP contribution in [0.3, 0.4) is 0 Å². The first-order valence-electron chi connectivity index (χ1n) is 8.69. The summed E-state index contributed by atoms with van der Waals surface area (Å²) in [6, 6.07) is 14.2. The standard InChI is InChI=1S/C21H18N4O3/c1-3-23-19(26)15(13-22)12-17-20(28-16-9-7-14(2)8-10-16)24-18-6-4-5-11-25(18)21(17)27/h4-12H,3H2,1-2H3,(H,23,26)/b15-12+. The summed E-state index contributed by atoms with van der Waals surface area (Å²) >= 11 is 0. The average Bonchev–Trinajstić information content (AvgIpc) is 2.70. The van der Waals surface area contributed by atoms with E-state index in [1.165, 1.54) is 10.5 Å². The third-order valence-corrected chi connectivity index (χ3v) is 3.96. The molecule has 0 saturated carbocycles. The van der Waals surface area contributed by atoms with Crippen LogP contribution in [0.5, 0.6) is 11.6 Å². The van der Waals surface area contributed by atoms with E-state index in [0.717, 1.165) is 5.56 Å². The third kappa shape index (κ3) is 3.91. The topological polar surface area (TPSA) is 96.5 Å². The largest absolute Gasteiger partial charge is 0.438 e. The predicted octanol–water partition coefficient (Wildman–Crippen LogP) is 2.84. The number of pyridine rings is 1. The summed E-state index contributed by atoms with van der Waals surface area (Å²) < 4.78 is 7.16. The fourth-order valence-corrected chi connectivity index (χ4v) is 2.55. The number of carbonyl (C=O) groups excluding carboxylic acids is 1. The maximum Gasteiger partial charge on any atom is 0.269 e. The molecule has 0 aliphatic heterocycles. The highest BCUT2D eigenvalue weighted by Gasteiger charge is 2.17. The van der Waals surface area contributed by atoms with Crippen LogP contribution in [-0.4, -0.2) is 21.8 Å². The molecule has 0 aliphatic rings. The molecule has 0 unspecified atom stereocenters. The quantitative estimate of drug-likeness (QED) is 0.547. The first kappa shape index (κ1) is 18.9. The van der Waals surface area contributed by atoms with Gasteiger partial charge in [0.15, 0.2) is 0 Å². The van der Waals surface area contributed by atoms with Gasteiger partial charge in [-0.1, -0.05) is 23.8 Å². The summed E-state index contributed by atoms with van der Waals surface area (Å²) in [7, 11) is 0. The predicted molar refractivity (Wildman–Crippen MR) is 105 cm³/mol. The minimum atomic E-state index is -0.566. The Morgan fingerprint density at radius 1 is 1.29 bits per heavy atom. The van der Waals surface area contributed by atoms with E-state index in [9.17, 15) is 14.9 Å². The number of aromatic nitrogens is 2. The van der Waals surface area contributed by atoms with Gasteiger partial charge in [0.1, 0.15) is 28.6 Å². The van der Waals surface area contributed by atoms with Gasteiger partial charge in [-0.25, -0.2) is 0 Å². The van der Waals surface area contributed by atoms with E-state index in [4.69, 9.17) is 4.74 Å². The Hall–Kier alpha value is -3.92. The smallest absolute Gasteiger partial charge is 0.269 e. The zero-order chi connectivity index (χ0) is 20.1. The first-order chi connectivity index (χ1) is 13.5. The Balaban J connectivity index is 2.19. The summed E-state index contributed by atoms with van der Waals surface area (Å²) in [5.74, 6) is -0.0510. The van der Waals surface area contributed by atoms with Gasteiger partial charge in [0, 0.05) is 12.7 Å². The highest BCUT2D eigenvalue weighted by atomic mass is 16.5. The third-order valence-electron chi connectivity index (χ3n) is 3.96. The number of hydrogen-bond donors (Lipinski definition) is 1. The van der Waals surface area contributed by atoms with Gasteiger partial charge in [0.2, 0.25) is 5.88 Å². The Kier molecular flexibility index (Phi) is 5.51. The van der Waals surface area contributed by atoms with Gasteiger partial charge in [0.05, 0.1) is 0 Å². The van der Waals surface area contributed by atoms with Gasteiger partial charge in [-0.15, -0.1) is 0 Å². The van der Waals surface area contributed by atoms with Crippen LogP contribution >= 0.6 is 0 Å². The van der Waals surface area contributed by atoms with Crippen molar-refractivity contribution < 1.29 is 9.53 Å². The van der Waals surface area contributed by atoms with E-state index in [-0.39, 0.29) is 17.0 Å². The maximum absolute atomic E-state index is 13.0. The Morgan fingerprint density at radius 3 is 2.71 bits per heavy atom. The molecule has 0 aliphatic carbocycles.